The smallest absolute Gasteiger partial charge is 0.174 e. The number of hydrogen-bond acceptors (Lipinski definition) is 3. The van der Waals surface area contributed by atoms with Gasteiger partial charge in [-0.3, -0.25) is 0 Å². The molecule has 2 aromatic carbocycles. The van der Waals surface area contributed by atoms with Gasteiger partial charge in [-0.15, -0.1) is 0 Å². The van der Waals surface area contributed by atoms with E-state index in [1.807, 2.05) is 12.1 Å². The maximum Gasteiger partial charge on any atom is 0.174 e. The average Bonchev–Trinajstić information content (AvgIpc) is 3.10. The summed E-state index contributed by atoms with van der Waals surface area (Å²) in [6, 6.07) is 10.5. The van der Waals surface area contributed by atoms with Gasteiger partial charge in [0.15, 0.2) is 11.5 Å². The molecule has 130 valence electrons. The maximum absolute atomic E-state index is 6.48. The van der Waals surface area contributed by atoms with E-state index in [-0.39, 0.29) is 6.04 Å². The molecule has 1 N–H and O–H groups in total. The lowest BCUT2D eigenvalue weighted by Crippen LogP contribution is -2.29. The summed E-state index contributed by atoms with van der Waals surface area (Å²) < 4.78 is 11.9. The summed E-state index contributed by atoms with van der Waals surface area (Å²) in [4.78, 5) is 0. The van der Waals surface area contributed by atoms with Gasteiger partial charge in [0.25, 0.3) is 0 Å². The Balaban J connectivity index is 1.82. The summed E-state index contributed by atoms with van der Waals surface area (Å²) in [5, 5.41) is 4.44. The number of benzene rings is 2. The van der Waals surface area contributed by atoms with E-state index in [1.54, 1.807) is 14.2 Å². The molecule has 0 fully saturated rings. The molecule has 5 heteroatoms. The van der Waals surface area contributed by atoms with Crippen molar-refractivity contribution in [2.24, 2.45) is 5.92 Å². The van der Waals surface area contributed by atoms with Gasteiger partial charge in [0.1, 0.15) is 0 Å². The lowest BCUT2D eigenvalue weighted by Gasteiger charge is -2.38. The number of methoxy groups -OCH3 is 2. The first-order chi connectivity index (χ1) is 12.1. The molecule has 0 saturated carbocycles. The van der Waals surface area contributed by atoms with E-state index in [2.05, 4.69) is 51.6 Å². The fourth-order valence-corrected chi connectivity index (χ4v) is 4.89. The Morgan fingerprint density at radius 3 is 2.80 bits per heavy atom. The number of fused-ring (bicyclic) bond motifs is 3. The van der Waals surface area contributed by atoms with Gasteiger partial charge in [0, 0.05) is 5.92 Å². The minimum absolute atomic E-state index is 0.156. The van der Waals surface area contributed by atoms with Crippen molar-refractivity contribution >= 4 is 33.2 Å². The normalized spacial score (nSPS) is 23.6. The van der Waals surface area contributed by atoms with E-state index in [4.69, 9.17) is 21.1 Å². The van der Waals surface area contributed by atoms with Crippen molar-refractivity contribution < 1.29 is 9.47 Å². The van der Waals surface area contributed by atoms with Crippen molar-refractivity contribution in [2.45, 2.75) is 18.4 Å². The van der Waals surface area contributed by atoms with Gasteiger partial charge < -0.3 is 14.8 Å². The molecule has 4 rings (SSSR count). The van der Waals surface area contributed by atoms with Crippen molar-refractivity contribution in [3.8, 4) is 11.5 Å². The van der Waals surface area contributed by atoms with Gasteiger partial charge >= 0.3 is 0 Å². The van der Waals surface area contributed by atoms with E-state index < -0.39 is 0 Å². The minimum atomic E-state index is 0.156. The van der Waals surface area contributed by atoms with Crippen LogP contribution in [-0.2, 0) is 0 Å². The molecule has 0 spiro atoms. The molecule has 25 heavy (non-hydrogen) atoms. The second-order valence-corrected chi connectivity index (χ2v) is 7.68. The number of anilines is 1. The molecule has 0 radical (unpaired) electrons. The first-order valence-electron chi connectivity index (χ1n) is 8.27. The zero-order valence-electron chi connectivity index (χ0n) is 14.1. The first-order valence-corrected chi connectivity index (χ1v) is 9.44. The van der Waals surface area contributed by atoms with Crippen LogP contribution in [0.25, 0.3) is 0 Å². The van der Waals surface area contributed by atoms with E-state index in [1.165, 1.54) is 5.56 Å². The average molecular weight is 421 g/mol. The molecule has 2 aromatic rings. The largest absolute Gasteiger partial charge is 0.493 e. The molecule has 2 aliphatic rings. The van der Waals surface area contributed by atoms with Crippen molar-refractivity contribution in [3.05, 3.63) is 63.1 Å². The Morgan fingerprint density at radius 2 is 2.04 bits per heavy atom. The van der Waals surface area contributed by atoms with Gasteiger partial charge in [-0.05, 0) is 57.6 Å². The van der Waals surface area contributed by atoms with Crippen molar-refractivity contribution in [3.63, 3.8) is 0 Å². The summed E-state index contributed by atoms with van der Waals surface area (Å²) in [5.41, 5.74) is 3.48. The van der Waals surface area contributed by atoms with Crippen LogP contribution in [0.2, 0.25) is 5.02 Å². The molecule has 1 heterocycles. The van der Waals surface area contributed by atoms with E-state index >= 15 is 0 Å². The molecule has 0 bridgehead atoms. The lowest BCUT2D eigenvalue weighted by molar-refractivity contribution is 0.351. The molecular formula is C20H19BrClNO2. The SMILES string of the molecule is COc1cc([C@H]2Nc3c(Cl)cccc3[C@H]3C=CC[C@H]32)cc(Br)c1OC. The van der Waals surface area contributed by atoms with Crippen LogP contribution in [0.5, 0.6) is 11.5 Å². The number of para-hydroxylation sites is 1. The molecule has 3 atom stereocenters. The van der Waals surface area contributed by atoms with Gasteiger partial charge in [-0.25, -0.2) is 0 Å². The Labute approximate surface area is 161 Å². The topological polar surface area (TPSA) is 30.5 Å². The van der Waals surface area contributed by atoms with Crippen LogP contribution < -0.4 is 14.8 Å². The Kier molecular flexibility index (Phi) is 4.42. The van der Waals surface area contributed by atoms with Crippen molar-refractivity contribution in [1.82, 2.24) is 0 Å². The second kappa shape index (κ2) is 6.58. The van der Waals surface area contributed by atoms with Crippen LogP contribution in [0.3, 0.4) is 0 Å². The zero-order valence-corrected chi connectivity index (χ0v) is 16.4. The maximum atomic E-state index is 6.48. The van der Waals surface area contributed by atoms with Gasteiger partial charge in [-0.2, -0.15) is 0 Å². The summed E-state index contributed by atoms with van der Waals surface area (Å²) >= 11 is 10.1. The fourth-order valence-electron chi connectivity index (χ4n) is 4.03. The predicted molar refractivity (Wildman–Crippen MR) is 105 cm³/mol. The number of rotatable bonds is 3. The summed E-state index contributed by atoms with van der Waals surface area (Å²) in [7, 11) is 3.31. The molecule has 0 amide bonds. The zero-order chi connectivity index (χ0) is 17.6. The summed E-state index contributed by atoms with van der Waals surface area (Å²) in [6.07, 6.45) is 5.62. The van der Waals surface area contributed by atoms with Gasteiger partial charge in [0.05, 0.1) is 35.4 Å². The van der Waals surface area contributed by atoms with Crippen molar-refractivity contribution in [1.29, 1.82) is 0 Å². The highest BCUT2D eigenvalue weighted by Crippen LogP contribution is 2.52. The third-order valence-electron chi connectivity index (χ3n) is 5.16. The number of allylic oxidation sites excluding steroid dienone is 2. The highest BCUT2D eigenvalue weighted by atomic mass is 79.9. The van der Waals surface area contributed by atoms with Crippen LogP contribution in [0.4, 0.5) is 5.69 Å². The predicted octanol–water partition coefficient (Wildman–Crippen LogP) is 5.95. The van der Waals surface area contributed by atoms with Crippen LogP contribution in [0.1, 0.15) is 29.5 Å². The molecule has 1 aliphatic carbocycles. The first kappa shape index (κ1) is 16.8. The van der Waals surface area contributed by atoms with Crippen LogP contribution >= 0.6 is 27.5 Å². The quantitative estimate of drug-likeness (QED) is 0.623. The summed E-state index contributed by atoms with van der Waals surface area (Å²) in [6.45, 7) is 0. The summed E-state index contributed by atoms with van der Waals surface area (Å²) in [5.74, 6) is 2.27. The monoisotopic (exact) mass is 419 g/mol. The van der Waals surface area contributed by atoms with Crippen LogP contribution in [0.15, 0.2) is 47.0 Å². The number of hydrogen-bond donors (Lipinski definition) is 1. The van der Waals surface area contributed by atoms with Gasteiger partial charge in [0.2, 0.25) is 0 Å². The number of nitrogens with one attached hydrogen (secondary N) is 1. The van der Waals surface area contributed by atoms with E-state index in [9.17, 15) is 0 Å². The molecule has 0 unspecified atom stereocenters. The Bertz CT molecular complexity index is 852. The fraction of sp³-hybridized carbons (Fsp3) is 0.300. The standard InChI is InChI=1S/C20H19BrClNO2/c1-24-17-10-11(9-15(21)20(17)25-2)18-13-6-3-5-12(13)14-7-4-8-16(22)19(14)23-18/h3-5,7-10,12-13,18,23H,6H2,1-2H3/t12-,13+,18+/m0/s1. The molecule has 0 saturated heterocycles. The van der Waals surface area contributed by atoms with Crippen molar-refractivity contribution in [2.75, 3.05) is 19.5 Å². The van der Waals surface area contributed by atoms with E-state index in [0.29, 0.717) is 17.6 Å². The minimum Gasteiger partial charge on any atom is -0.493 e. The third kappa shape index (κ3) is 2.72. The molecular weight excluding hydrogens is 402 g/mol. The molecule has 0 aromatic heterocycles. The van der Waals surface area contributed by atoms with Crippen LogP contribution in [0, 0.1) is 5.92 Å². The number of ether oxygens (including phenoxy) is 2. The lowest BCUT2D eigenvalue weighted by atomic mass is 9.77. The highest BCUT2D eigenvalue weighted by Gasteiger charge is 2.39. The number of halogens is 2. The van der Waals surface area contributed by atoms with Gasteiger partial charge in [-0.1, -0.05) is 35.9 Å². The Morgan fingerprint density at radius 1 is 1.20 bits per heavy atom. The Hall–Kier alpha value is -1.65. The highest BCUT2D eigenvalue weighted by molar-refractivity contribution is 9.10. The van der Waals surface area contributed by atoms with E-state index in [0.717, 1.165) is 32.9 Å². The third-order valence-corrected chi connectivity index (χ3v) is 6.06. The molecule has 1 aliphatic heterocycles. The second-order valence-electron chi connectivity index (χ2n) is 6.42. The van der Waals surface area contributed by atoms with Crippen LogP contribution in [-0.4, -0.2) is 14.2 Å². The molecule has 3 nitrogen and oxygen atoms in total.